The second-order valence-corrected chi connectivity index (χ2v) is 2.70. The molecule has 78 valence electrons. The number of anilines is 1. The van der Waals surface area contributed by atoms with Crippen molar-refractivity contribution < 1.29 is 0 Å². The maximum atomic E-state index is 9.97. The number of aryl methyl sites for hydroxylation is 2. The summed E-state index contributed by atoms with van der Waals surface area (Å²) in [5.41, 5.74) is 2.15. The van der Waals surface area contributed by atoms with Crippen molar-refractivity contribution in [3.63, 3.8) is 0 Å². The van der Waals surface area contributed by atoms with Crippen molar-refractivity contribution in [2.75, 3.05) is 5.43 Å². The minimum atomic E-state index is 0.220. The van der Waals surface area contributed by atoms with Crippen LogP contribution in [0, 0.1) is 4.91 Å². The van der Waals surface area contributed by atoms with Gasteiger partial charge < -0.3 is 0 Å². The zero-order valence-electron chi connectivity index (χ0n) is 7.69. The summed E-state index contributed by atoms with van der Waals surface area (Å²) in [6.07, 6.45) is 3.52. The molecule has 2 heterocycles. The van der Waals surface area contributed by atoms with Crippen molar-refractivity contribution in [3.05, 3.63) is 23.4 Å². The van der Waals surface area contributed by atoms with Crippen LogP contribution in [0.4, 0.5) is 5.95 Å². The summed E-state index contributed by atoms with van der Waals surface area (Å²) >= 11 is 0. The van der Waals surface area contributed by atoms with Crippen LogP contribution in [0.1, 0.15) is 0 Å². The van der Waals surface area contributed by atoms with Crippen molar-refractivity contribution in [3.8, 4) is 0 Å². The highest BCUT2D eigenvalue weighted by Gasteiger charge is 2.04. The fraction of sp³-hybridized carbons (Fsp3) is 0.333. The Morgan fingerprint density at radius 1 is 1.47 bits per heavy atom. The van der Waals surface area contributed by atoms with Gasteiger partial charge in [0, 0.05) is 12.4 Å². The molecule has 2 aromatic heterocycles. The summed E-state index contributed by atoms with van der Waals surface area (Å²) in [4.78, 5) is 9.97. The first-order chi connectivity index (χ1) is 7.40. The molecule has 0 spiro atoms. The highest BCUT2D eigenvalue weighted by atomic mass is 16.3. The van der Waals surface area contributed by atoms with Gasteiger partial charge in [-0.1, -0.05) is 5.10 Å². The van der Waals surface area contributed by atoms with Crippen molar-refractivity contribution in [2.24, 2.45) is 5.29 Å². The SMILES string of the molecule is O=NNc1nnnn1CCn1cccn1. The lowest BCUT2D eigenvalue weighted by Crippen LogP contribution is -2.11. The van der Waals surface area contributed by atoms with E-state index >= 15 is 0 Å². The van der Waals surface area contributed by atoms with Crippen LogP contribution in [0.5, 0.6) is 0 Å². The van der Waals surface area contributed by atoms with E-state index in [9.17, 15) is 4.91 Å². The molecule has 15 heavy (non-hydrogen) atoms. The van der Waals surface area contributed by atoms with Crippen molar-refractivity contribution in [1.82, 2.24) is 30.0 Å². The summed E-state index contributed by atoms with van der Waals surface area (Å²) < 4.78 is 3.17. The molecule has 9 heteroatoms. The van der Waals surface area contributed by atoms with Crippen molar-refractivity contribution in [2.45, 2.75) is 13.1 Å². The Bertz CT molecular complexity index is 420. The Balaban J connectivity index is 1.98. The minimum absolute atomic E-state index is 0.220. The summed E-state index contributed by atoms with van der Waals surface area (Å²) in [7, 11) is 0. The molecule has 2 rings (SSSR count). The molecule has 0 atom stereocenters. The van der Waals surface area contributed by atoms with Gasteiger partial charge in [-0.3, -0.25) is 4.68 Å². The highest BCUT2D eigenvalue weighted by molar-refractivity contribution is 5.18. The molecule has 2 aromatic rings. The van der Waals surface area contributed by atoms with Gasteiger partial charge in [-0.2, -0.15) is 5.10 Å². The lowest BCUT2D eigenvalue weighted by molar-refractivity contribution is 0.493. The number of hydrogen-bond donors (Lipinski definition) is 1. The second-order valence-electron chi connectivity index (χ2n) is 2.70. The molecule has 0 fully saturated rings. The molecule has 0 saturated carbocycles. The number of rotatable bonds is 5. The normalized spacial score (nSPS) is 10.1. The summed E-state index contributed by atoms with van der Waals surface area (Å²) in [6.45, 7) is 1.12. The van der Waals surface area contributed by atoms with Gasteiger partial charge in [-0.05, 0) is 16.5 Å². The van der Waals surface area contributed by atoms with Crippen molar-refractivity contribution >= 4 is 5.95 Å². The molecular weight excluding hydrogens is 200 g/mol. The lowest BCUT2D eigenvalue weighted by Gasteiger charge is -2.02. The number of tetrazole rings is 1. The molecule has 9 nitrogen and oxygen atoms in total. The smallest absolute Gasteiger partial charge is 0.266 e. The molecule has 0 saturated heterocycles. The minimum Gasteiger partial charge on any atom is -0.271 e. The van der Waals surface area contributed by atoms with Gasteiger partial charge in [0.05, 0.1) is 18.4 Å². The van der Waals surface area contributed by atoms with Gasteiger partial charge in [0.1, 0.15) is 0 Å². The fourth-order valence-corrected chi connectivity index (χ4v) is 1.11. The predicted octanol–water partition coefficient (Wildman–Crippen LogP) is -0.337. The largest absolute Gasteiger partial charge is 0.271 e. The van der Waals surface area contributed by atoms with Crippen LogP contribution in [-0.4, -0.2) is 30.0 Å². The van der Waals surface area contributed by atoms with Crippen LogP contribution in [-0.2, 0) is 13.1 Å². The number of aromatic nitrogens is 6. The third-order valence-electron chi connectivity index (χ3n) is 1.78. The molecule has 0 aliphatic heterocycles. The molecule has 0 aromatic carbocycles. The van der Waals surface area contributed by atoms with Crippen LogP contribution in [0.3, 0.4) is 0 Å². The van der Waals surface area contributed by atoms with E-state index in [-0.39, 0.29) is 5.95 Å². The third-order valence-corrected chi connectivity index (χ3v) is 1.78. The van der Waals surface area contributed by atoms with Gasteiger partial charge in [0.15, 0.2) is 0 Å². The molecule has 0 aliphatic carbocycles. The van der Waals surface area contributed by atoms with Gasteiger partial charge in [0.2, 0.25) is 0 Å². The average molecular weight is 208 g/mol. The van der Waals surface area contributed by atoms with Crippen LogP contribution in [0.15, 0.2) is 23.7 Å². The molecule has 0 aliphatic rings. The highest BCUT2D eigenvalue weighted by Crippen LogP contribution is 1.99. The Morgan fingerprint density at radius 3 is 3.13 bits per heavy atom. The van der Waals surface area contributed by atoms with Crippen LogP contribution in [0.25, 0.3) is 0 Å². The first-order valence-electron chi connectivity index (χ1n) is 4.22. The molecule has 1 N–H and O–H groups in total. The van der Waals surface area contributed by atoms with E-state index in [1.807, 2.05) is 12.3 Å². The Kier molecular flexibility index (Phi) is 2.63. The topological polar surface area (TPSA) is 103 Å². The van der Waals surface area contributed by atoms with Crippen LogP contribution < -0.4 is 5.43 Å². The van der Waals surface area contributed by atoms with Gasteiger partial charge >= 0.3 is 0 Å². The number of nitroso groups, excluding NO2 is 1. The zero-order valence-corrected chi connectivity index (χ0v) is 7.69. The number of nitrogens with one attached hydrogen (secondary N) is 1. The van der Waals surface area contributed by atoms with E-state index < -0.39 is 0 Å². The number of hydrogen-bond acceptors (Lipinski definition) is 6. The Morgan fingerprint density at radius 2 is 2.40 bits per heavy atom. The Labute approximate surface area is 84.0 Å². The quantitative estimate of drug-likeness (QED) is 0.532. The number of nitrogens with zero attached hydrogens (tertiary/aromatic N) is 7. The first kappa shape index (κ1) is 9.24. The van der Waals surface area contributed by atoms with E-state index in [1.54, 1.807) is 10.9 Å². The van der Waals surface area contributed by atoms with E-state index in [1.165, 1.54) is 4.68 Å². The summed E-state index contributed by atoms with van der Waals surface area (Å²) in [5, 5.41) is 17.2. The van der Waals surface area contributed by atoms with Crippen molar-refractivity contribution in [1.29, 1.82) is 0 Å². The molecule has 0 bridgehead atoms. The predicted molar refractivity (Wildman–Crippen MR) is 49.5 cm³/mol. The standard InChI is InChI=1S/C6H8N8O/c15-12-9-6-8-10-11-14(6)5-4-13-3-1-2-7-13/h1-3H,4-5H2,(H,8,9,11,15). The molecular formula is C6H8N8O. The molecule has 0 unspecified atom stereocenters. The van der Waals surface area contributed by atoms with Gasteiger partial charge in [0.25, 0.3) is 5.95 Å². The summed E-state index contributed by atoms with van der Waals surface area (Å²) in [6, 6.07) is 1.83. The molecule has 0 radical (unpaired) electrons. The van der Waals surface area contributed by atoms with E-state index in [2.05, 4.69) is 31.3 Å². The Hall–Kier alpha value is -2.32. The van der Waals surface area contributed by atoms with Crippen LogP contribution in [0.2, 0.25) is 0 Å². The van der Waals surface area contributed by atoms with E-state index in [4.69, 9.17) is 0 Å². The zero-order chi connectivity index (χ0) is 10.5. The average Bonchev–Trinajstić information content (AvgIpc) is 2.85. The first-order valence-corrected chi connectivity index (χ1v) is 4.22. The maximum Gasteiger partial charge on any atom is 0.266 e. The van der Waals surface area contributed by atoms with Gasteiger partial charge in [-0.15, -0.1) is 4.91 Å². The maximum absolute atomic E-state index is 9.97. The van der Waals surface area contributed by atoms with Gasteiger partial charge in [-0.25, -0.2) is 10.1 Å². The van der Waals surface area contributed by atoms with E-state index in [0.717, 1.165) is 0 Å². The van der Waals surface area contributed by atoms with E-state index in [0.29, 0.717) is 13.1 Å². The fourth-order valence-electron chi connectivity index (χ4n) is 1.11. The second kappa shape index (κ2) is 4.26. The third kappa shape index (κ3) is 2.13. The lowest BCUT2D eigenvalue weighted by atomic mass is 10.6. The van der Waals surface area contributed by atoms with Crippen LogP contribution >= 0.6 is 0 Å². The summed E-state index contributed by atoms with van der Waals surface area (Å²) in [5.74, 6) is 0.220. The monoisotopic (exact) mass is 208 g/mol. The molecule has 0 amide bonds.